The smallest absolute Gasteiger partial charge is 0.349 e. The number of hydrogen-bond donors (Lipinski definition) is 1. The van der Waals surface area contributed by atoms with Gasteiger partial charge in [-0.15, -0.1) is 0 Å². The normalized spacial score (nSPS) is 11.0. The number of nitrogens with one attached hydrogen (secondary N) is 1. The van der Waals surface area contributed by atoms with Crippen molar-refractivity contribution in [3.05, 3.63) is 62.9 Å². The van der Waals surface area contributed by atoms with Crippen molar-refractivity contribution in [1.29, 1.82) is 0 Å². The molecule has 130 valence electrons. The third kappa shape index (κ3) is 2.97. The summed E-state index contributed by atoms with van der Waals surface area (Å²) in [6, 6.07) is 12.3. The molecule has 0 unspecified atom stereocenters. The number of para-hydroxylation sites is 1. The lowest BCUT2D eigenvalue weighted by Crippen LogP contribution is -2.20. The fourth-order valence-corrected chi connectivity index (χ4v) is 3.97. The first-order valence-electron chi connectivity index (χ1n) is 7.53. The van der Waals surface area contributed by atoms with Gasteiger partial charge in [-0.25, -0.2) is 9.78 Å². The van der Waals surface area contributed by atoms with E-state index >= 15 is 0 Å². The standard InChI is InChI=1S/C18H11BrN2O4S/c1-24-13-4-2-3-9-7-11(17(23)25-15(9)13)16(22)21-18-20-12-6-5-10(19)8-14(12)26-18/h2-8H,1H3,(H,20,21,22). The summed E-state index contributed by atoms with van der Waals surface area (Å²) >= 11 is 4.73. The molecule has 0 spiro atoms. The van der Waals surface area contributed by atoms with Crippen LogP contribution < -0.4 is 15.7 Å². The number of nitrogens with zero attached hydrogens (tertiary/aromatic N) is 1. The molecule has 26 heavy (non-hydrogen) atoms. The van der Waals surface area contributed by atoms with E-state index in [2.05, 4.69) is 26.2 Å². The van der Waals surface area contributed by atoms with Gasteiger partial charge in [0.2, 0.25) is 0 Å². The van der Waals surface area contributed by atoms with Gasteiger partial charge in [-0.05, 0) is 30.3 Å². The average molecular weight is 431 g/mol. The van der Waals surface area contributed by atoms with Crippen LogP contribution in [0.1, 0.15) is 10.4 Å². The monoisotopic (exact) mass is 430 g/mol. The fourth-order valence-electron chi connectivity index (χ4n) is 2.55. The summed E-state index contributed by atoms with van der Waals surface area (Å²) in [5.41, 5.74) is 0.250. The van der Waals surface area contributed by atoms with Gasteiger partial charge < -0.3 is 9.15 Å². The highest BCUT2D eigenvalue weighted by Crippen LogP contribution is 2.29. The molecular weight excluding hydrogens is 420 g/mol. The summed E-state index contributed by atoms with van der Waals surface area (Å²) < 4.78 is 12.3. The number of anilines is 1. The van der Waals surface area contributed by atoms with E-state index in [1.165, 1.54) is 24.5 Å². The predicted octanol–water partition coefficient (Wildman–Crippen LogP) is 4.43. The van der Waals surface area contributed by atoms with Crippen molar-refractivity contribution in [2.45, 2.75) is 0 Å². The van der Waals surface area contributed by atoms with Crippen LogP contribution in [-0.2, 0) is 0 Å². The highest BCUT2D eigenvalue weighted by atomic mass is 79.9. The Hall–Kier alpha value is -2.71. The zero-order chi connectivity index (χ0) is 18.3. The van der Waals surface area contributed by atoms with Crippen molar-refractivity contribution in [1.82, 2.24) is 4.98 Å². The topological polar surface area (TPSA) is 81.4 Å². The molecule has 0 saturated carbocycles. The van der Waals surface area contributed by atoms with Crippen LogP contribution in [0.4, 0.5) is 5.13 Å². The van der Waals surface area contributed by atoms with Crippen LogP contribution in [0.5, 0.6) is 5.75 Å². The number of fused-ring (bicyclic) bond motifs is 2. The number of ether oxygens (including phenoxy) is 1. The lowest BCUT2D eigenvalue weighted by Gasteiger charge is -2.05. The van der Waals surface area contributed by atoms with Crippen LogP contribution in [0.25, 0.3) is 21.2 Å². The molecule has 0 radical (unpaired) electrons. The van der Waals surface area contributed by atoms with Crippen LogP contribution >= 0.6 is 27.3 Å². The average Bonchev–Trinajstić information content (AvgIpc) is 3.01. The van der Waals surface area contributed by atoms with Gasteiger partial charge in [0.05, 0.1) is 17.3 Å². The van der Waals surface area contributed by atoms with Crippen molar-refractivity contribution in [3.63, 3.8) is 0 Å². The van der Waals surface area contributed by atoms with Gasteiger partial charge in [0.25, 0.3) is 5.91 Å². The minimum absolute atomic E-state index is 0.0915. The summed E-state index contributed by atoms with van der Waals surface area (Å²) in [6.45, 7) is 0. The molecule has 1 amide bonds. The zero-order valence-electron chi connectivity index (χ0n) is 13.4. The number of benzene rings is 2. The maximum Gasteiger partial charge on any atom is 0.349 e. The summed E-state index contributed by atoms with van der Waals surface area (Å²) in [5, 5.41) is 3.67. The number of halogens is 1. The Morgan fingerprint density at radius 2 is 2.12 bits per heavy atom. The van der Waals surface area contributed by atoms with E-state index in [1.54, 1.807) is 18.2 Å². The molecule has 0 atom stereocenters. The van der Waals surface area contributed by atoms with Gasteiger partial charge >= 0.3 is 5.63 Å². The molecular formula is C18H11BrN2O4S. The molecule has 0 aliphatic rings. The van der Waals surface area contributed by atoms with E-state index in [0.717, 1.165) is 14.7 Å². The van der Waals surface area contributed by atoms with Crippen molar-refractivity contribution in [3.8, 4) is 5.75 Å². The quantitative estimate of drug-likeness (QED) is 0.486. The Labute approximate surface area is 159 Å². The third-order valence-corrected chi connectivity index (χ3v) is 5.19. The molecule has 2 aromatic heterocycles. The number of methoxy groups -OCH3 is 1. The second kappa shape index (κ2) is 6.54. The van der Waals surface area contributed by atoms with Crippen LogP contribution in [0, 0.1) is 0 Å². The number of rotatable bonds is 3. The molecule has 0 aliphatic heterocycles. The summed E-state index contributed by atoms with van der Waals surface area (Å²) in [7, 11) is 1.49. The van der Waals surface area contributed by atoms with Crippen molar-refractivity contribution in [2.75, 3.05) is 12.4 Å². The number of aromatic nitrogens is 1. The molecule has 0 aliphatic carbocycles. The first-order valence-corrected chi connectivity index (χ1v) is 9.14. The first kappa shape index (κ1) is 16.7. The molecule has 0 bridgehead atoms. The van der Waals surface area contributed by atoms with Gasteiger partial charge in [-0.1, -0.05) is 39.4 Å². The van der Waals surface area contributed by atoms with E-state index in [4.69, 9.17) is 9.15 Å². The van der Waals surface area contributed by atoms with Gasteiger partial charge in [-0.3, -0.25) is 10.1 Å². The summed E-state index contributed by atoms with van der Waals surface area (Å²) in [5.74, 6) is -0.134. The number of amides is 1. The van der Waals surface area contributed by atoms with Crippen LogP contribution in [0.3, 0.4) is 0 Å². The lowest BCUT2D eigenvalue weighted by molar-refractivity contribution is 0.102. The van der Waals surface area contributed by atoms with E-state index in [9.17, 15) is 9.59 Å². The van der Waals surface area contributed by atoms with Gasteiger partial charge in [0, 0.05) is 9.86 Å². The first-order chi connectivity index (χ1) is 12.5. The molecule has 2 aromatic carbocycles. The second-order valence-corrected chi connectivity index (χ2v) is 7.36. The largest absolute Gasteiger partial charge is 0.493 e. The Morgan fingerprint density at radius 3 is 2.92 bits per heavy atom. The number of hydrogen-bond acceptors (Lipinski definition) is 6. The van der Waals surface area contributed by atoms with E-state index in [0.29, 0.717) is 21.9 Å². The third-order valence-electron chi connectivity index (χ3n) is 3.76. The molecule has 6 nitrogen and oxygen atoms in total. The molecule has 0 saturated heterocycles. The fraction of sp³-hybridized carbons (Fsp3) is 0.0556. The van der Waals surface area contributed by atoms with Gasteiger partial charge in [0.1, 0.15) is 5.56 Å². The van der Waals surface area contributed by atoms with Gasteiger partial charge in [-0.2, -0.15) is 0 Å². The highest BCUT2D eigenvalue weighted by molar-refractivity contribution is 9.10. The van der Waals surface area contributed by atoms with Crippen molar-refractivity contribution in [2.24, 2.45) is 0 Å². The zero-order valence-corrected chi connectivity index (χ0v) is 15.8. The molecule has 1 N–H and O–H groups in total. The highest BCUT2D eigenvalue weighted by Gasteiger charge is 2.17. The maximum atomic E-state index is 12.5. The molecule has 4 aromatic rings. The van der Waals surface area contributed by atoms with Crippen molar-refractivity contribution < 1.29 is 13.9 Å². The Bertz CT molecular complexity index is 1210. The Balaban J connectivity index is 1.71. The van der Waals surface area contributed by atoms with Crippen LogP contribution in [-0.4, -0.2) is 18.0 Å². The van der Waals surface area contributed by atoms with Gasteiger partial charge in [0.15, 0.2) is 16.5 Å². The SMILES string of the molecule is COc1cccc2cc(C(=O)Nc3nc4ccc(Br)cc4s3)c(=O)oc12. The van der Waals surface area contributed by atoms with Crippen molar-refractivity contribution >= 4 is 59.5 Å². The number of thiazole rings is 1. The minimum Gasteiger partial charge on any atom is -0.493 e. The van der Waals surface area contributed by atoms with E-state index in [-0.39, 0.29) is 5.56 Å². The summed E-state index contributed by atoms with van der Waals surface area (Å²) in [6.07, 6.45) is 0. The predicted molar refractivity (Wildman–Crippen MR) is 104 cm³/mol. The second-order valence-electron chi connectivity index (χ2n) is 5.41. The van der Waals surface area contributed by atoms with Crippen LogP contribution in [0.2, 0.25) is 0 Å². The molecule has 4 rings (SSSR count). The molecule has 8 heteroatoms. The van der Waals surface area contributed by atoms with E-state index in [1.807, 2.05) is 18.2 Å². The Morgan fingerprint density at radius 1 is 1.27 bits per heavy atom. The maximum absolute atomic E-state index is 12.5. The number of carbonyl (C=O) groups excluding carboxylic acids is 1. The number of carbonyl (C=O) groups is 1. The lowest BCUT2D eigenvalue weighted by atomic mass is 10.1. The van der Waals surface area contributed by atoms with E-state index < -0.39 is 11.5 Å². The molecule has 2 heterocycles. The van der Waals surface area contributed by atoms with Crippen LogP contribution in [0.15, 0.2) is 56.1 Å². The minimum atomic E-state index is -0.733. The summed E-state index contributed by atoms with van der Waals surface area (Å²) in [4.78, 5) is 29.1. The Kier molecular flexibility index (Phi) is 4.21. The molecule has 0 fully saturated rings.